The van der Waals surface area contributed by atoms with E-state index in [4.69, 9.17) is 33.2 Å². The summed E-state index contributed by atoms with van der Waals surface area (Å²) >= 11 is 11.6. The third-order valence-corrected chi connectivity index (χ3v) is 4.67. The van der Waals surface area contributed by atoms with Gasteiger partial charge in [-0.15, -0.1) is 4.83 Å². The molecule has 0 aliphatic rings. The maximum absolute atomic E-state index is 12.0. The molecule has 0 aliphatic carbocycles. The lowest BCUT2D eigenvalue weighted by Crippen LogP contribution is -2.43. The third-order valence-electron chi connectivity index (χ3n) is 2.87. The summed E-state index contributed by atoms with van der Waals surface area (Å²) in [4.78, 5) is 13.5. The number of hydrogen-bond acceptors (Lipinski definition) is 5. The number of carbonyl (C=O) groups excluding carboxylic acids is 1. The highest BCUT2D eigenvalue weighted by atomic mass is 35.5. The molecule has 0 radical (unpaired) electrons. The second-order valence-corrected chi connectivity index (χ2v) is 7.18. The van der Waals surface area contributed by atoms with Gasteiger partial charge in [0, 0.05) is 5.02 Å². The summed E-state index contributed by atoms with van der Waals surface area (Å²) in [5.41, 5.74) is 2.33. The number of halogens is 2. The number of hydrazine groups is 1. The summed E-state index contributed by atoms with van der Waals surface area (Å²) in [6, 6.07) is 11.5. The largest absolute Gasteiger partial charge is 0.482 e. The molecule has 0 aliphatic heterocycles. The standard InChI is InChI=1S/C15H11Cl2N3O4S/c16-11-3-6-14(13(17)7-11)24-9-15(21)19-20-25(22,23)12-4-1-10(8-18)2-5-12/h1-7,20H,9H2,(H,19,21). The molecule has 0 unspecified atom stereocenters. The van der Waals surface area contributed by atoms with Crippen molar-refractivity contribution in [2.24, 2.45) is 0 Å². The molecule has 2 aromatic carbocycles. The zero-order valence-corrected chi connectivity index (χ0v) is 14.8. The molecule has 7 nitrogen and oxygen atoms in total. The Kier molecular flexibility index (Phi) is 6.22. The van der Waals surface area contributed by atoms with Gasteiger partial charge in [-0.1, -0.05) is 23.2 Å². The molecular formula is C15H11Cl2N3O4S. The first-order valence-electron chi connectivity index (χ1n) is 6.70. The maximum Gasteiger partial charge on any atom is 0.272 e. The van der Waals surface area contributed by atoms with Crippen LogP contribution in [0, 0.1) is 11.3 Å². The Balaban J connectivity index is 1.91. The highest BCUT2D eigenvalue weighted by Crippen LogP contribution is 2.27. The molecule has 25 heavy (non-hydrogen) atoms. The van der Waals surface area contributed by atoms with Gasteiger partial charge < -0.3 is 4.74 Å². The molecule has 0 bridgehead atoms. The average molecular weight is 400 g/mol. The van der Waals surface area contributed by atoms with Crippen LogP contribution in [0.15, 0.2) is 47.4 Å². The van der Waals surface area contributed by atoms with Gasteiger partial charge in [-0.2, -0.15) is 5.26 Å². The number of hydrogen-bond donors (Lipinski definition) is 2. The first-order valence-corrected chi connectivity index (χ1v) is 8.94. The van der Waals surface area contributed by atoms with Crippen molar-refractivity contribution in [2.45, 2.75) is 4.90 Å². The SMILES string of the molecule is N#Cc1ccc(S(=O)(=O)NNC(=O)COc2ccc(Cl)cc2Cl)cc1. The highest BCUT2D eigenvalue weighted by Gasteiger charge is 2.15. The fraction of sp³-hybridized carbons (Fsp3) is 0.0667. The molecule has 2 rings (SSSR count). The number of sulfonamides is 1. The van der Waals surface area contributed by atoms with Crippen LogP contribution in [0.25, 0.3) is 0 Å². The fourth-order valence-electron chi connectivity index (χ4n) is 1.66. The lowest BCUT2D eigenvalue weighted by molar-refractivity contribution is -0.123. The van der Waals surface area contributed by atoms with Gasteiger partial charge in [0.2, 0.25) is 0 Å². The van der Waals surface area contributed by atoms with Crippen molar-refractivity contribution in [1.29, 1.82) is 5.26 Å². The smallest absolute Gasteiger partial charge is 0.272 e. The molecule has 2 aromatic rings. The van der Waals surface area contributed by atoms with E-state index in [-0.39, 0.29) is 15.7 Å². The Labute approximate surface area is 154 Å². The summed E-state index contributed by atoms with van der Waals surface area (Å²) in [5, 5.41) is 9.33. The number of carbonyl (C=O) groups is 1. The van der Waals surface area contributed by atoms with E-state index >= 15 is 0 Å². The van der Waals surface area contributed by atoms with E-state index in [1.54, 1.807) is 0 Å². The van der Waals surface area contributed by atoms with Crippen LogP contribution in [0.1, 0.15) is 5.56 Å². The number of nitrogens with one attached hydrogen (secondary N) is 2. The van der Waals surface area contributed by atoms with E-state index in [0.29, 0.717) is 10.6 Å². The highest BCUT2D eigenvalue weighted by molar-refractivity contribution is 7.89. The van der Waals surface area contributed by atoms with Crippen molar-refractivity contribution >= 4 is 39.1 Å². The lowest BCUT2D eigenvalue weighted by Gasteiger charge is -2.10. The maximum atomic E-state index is 12.0. The van der Waals surface area contributed by atoms with Crippen LogP contribution in [0.2, 0.25) is 10.0 Å². The number of amides is 1. The topological polar surface area (TPSA) is 108 Å². The van der Waals surface area contributed by atoms with Crippen molar-refractivity contribution in [2.75, 3.05) is 6.61 Å². The summed E-state index contributed by atoms with van der Waals surface area (Å²) in [6.45, 7) is -0.461. The van der Waals surface area contributed by atoms with Crippen molar-refractivity contribution in [3.05, 3.63) is 58.1 Å². The Morgan fingerprint density at radius 1 is 1.16 bits per heavy atom. The second kappa shape index (κ2) is 8.18. The molecule has 0 saturated carbocycles. The van der Waals surface area contributed by atoms with Crippen molar-refractivity contribution in [3.63, 3.8) is 0 Å². The van der Waals surface area contributed by atoms with E-state index in [9.17, 15) is 13.2 Å². The fourth-order valence-corrected chi connectivity index (χ4v) is 2.99. The van der Waals surface area contributed by atoms with E-state index in [1.165, 1.54) is 42.5 Å². The molecule has 0 aromatic heterocycles. The third kappa shape index (κ3) is 5.34. The number of benzene rings is 2. The van der Waals surface area contributed by atoms with Gasteiger partial charge in [0.05, 0.1) is 21.6 Å². The van der Waals surface area contributed by atoms with E-state index in [1.807, 2.05) is 16.3 Å². The van der Waals surface area contributed by atoms with Crippen molar-refractivity contribution < 1.29 is 17.9 Å². The van der Waals surface area contributed by atoms with Crippen LogP contribution in [0.5, 0.6) is 5.75 Å². The van der Waals surface area contributed by atoms with Crippen LogP contribution >= 0.6 is 23.2 Å². The molecule has 0 heterocycles. The summed E-state index contributed by atoms with van der Waals surface area (Å²) in [6.07, 6.45) is 0. The number of ether oxygens (including phenoxy) is 1. The molecular weight excluding hydrogens is 389 g/mol. The Bertz CT molecular complexity index is 925. The second-order valence-electron chi connectivity index (χ2n) is 4.65. The van der Waals surface area contributed by atoms with Crippen molar-refractivity contribution in [1.82, 2.24) is 10.3 Å². The number of nitrogens with zero attached hydrogens (tertiary/aromatic N) is 1. The molecule has 2 N–H and O–H groups in total. The Hall–Kier alpha value is -2.31. The summed E-state index contributed by atoms with van der Waals surface area (Å²) in [7, 11) is -3.97. The molecule has 1 amide bonds. The minimum Gasteiger partial charge on any atom is -0.482 e. The van der Waals surface area contributed by atoms with Gasteiger partial charge in [-0.25, -0.2) is 8.42 Å². The Morgan fingerprint density at radius 2 is 1.84 bits per heavy atom. The molecule has 130 valence electrons. The van der Waals surface area contributed by atoms with Gasteiger partial charge in [-0.05, 0) is 42.5 Å². The van der Waals surface area contributed by atoms with E-state index in [2.05, 4.69) is 0 Å². The lowest BCUT2D eigenvalue weighted by atomic mass is 10.2. The van der Waals surface area contributed by atoms with Gasteiger partial charge in [0.1, 0.15) is 5.75 Å². The zero-order chi connectivity index (χ0) is 18.4. The first-order chi connectivity index (χ1) is 11.8. The number of nitriles is 1. The van der Waals surface area contributed by atoms with Gasteiger partial charge in [0.25, 0.3) is 15.9 Å². The van der Waals surface area contributed by atoms with Crippen LogP contribution in [-0.2, 0) is 14.8 Å². The van der Waals surface area contributed by atoms with Crippen LogP contribution in [0.4, 0.5) is 0 Å². The molecule has 0 atom stereocenters. The first kappa shape index (κ1) is 19.0. The zero-order valence-electron chi connectivity index (χ0n) is 12.5. The quantitative estimate of drug-likeness (QED) is 0.724. The predicted molar refractivity (Wildman–Crippen MR) is 91.6 cm³/mol. The molecule has 0 saturated heterocycles. The van der Waals surface area contributed by atoms with Crippen LogP contribution < -0.4 is 15.0 Å². The summed E-state index contributed by atoms with van der Waals surface area (Å²) in [5.74, 6) is -0.501. The van der Waals surface area contributed by atoms with Crippen LogP contribution in [0.3, 0.4) is 0 Å². The van der Waals surface area contributed by atoms with Gasteiger partial charge in [0.15, 0.2) is 6.61 Å². The van der Waals surface area contributed by atoms with Gasteiger partial charge >= 0.3 is 0 Å². The monoisotopic (exact) mass is 399 g/mol. The number of rotatable bonds is 6. The predicted octanol–water partition coefficient (Wildman–Crippen LogP) is 2.25. The van der Waals surface area contributed by atoms with E-state index < -0.39 is 22.5 Å². The Morgan fingerprint density at radius 3 is 2.44 bits per heavy atom. The van der Waals surface area contributed by atoms with Gasteiger partial charge in [-0.3, -0.25) is 10.2 Å². The van der Waals surface area contributed by atoms with Crippen LogP contribution in [-0.4, -0.2) is 20.9 Å². The van der Waals surface area contributed by atoms with E-state index in [0.717, 1.165) is 0 Å². The summed E-state index contributed by atoms with van der Waals surface area (Å²) < 4.78 is 29.2. The minimum absolute atomic E-state index is 0.103. The molecule has 0 spiro atoms. The normalized spacial score (nSPS) is 10.8. The average Bonchev–Trinajstić information content (AvgIpc) is 2.59. The van der Waals surface area contributed by atoms with Crippen molar-refractivity contribution in [3.8, 4) is 11.8 Å². The minimum atomic E-state index is -3.97. The molecule has 0 fully saturated rings. The molecule has 10 heteroatoms.